The smallest absolute Gasteiger partial charge is 0.242 e. The summed E-state index contributed by atoms with van der Waals surface area (Å²) < 4.78 is 6.51. The van der Waals surface area contributed by atoms with Crippen LogP contribution in [0.25, 0.3) is 0 Å². The zero-order valence-corrected chi connectivity index (χ0v) is 18.8. The van der Waals surface area contributed by atoms with Gasteiger partial charge in [-0.05, 0) is 90.7 Å². The first-order valence-corrected chi connectivity index (χ1v) is 13.7. The summed E-state index contributed by atoms with van der Waals surface area (Å²) in [6.45, 7) is 19.1. The molecule has 1 aromatic rings. The lowest BCUT2D eigenvalue weighted by molar-refractivity contribution is 0.0406. The molecule has 0 bridgehead atoms. The van der Waals surface area contributed by atoms with Gasteiger partial charge in [-0.3, -0.25) is 0 Å². The Bertz CT molecular complexity index is 653. The molecule has 0 aliphatic heterocycles. The summed E-state index contributed by atoms with van der Waals surface area (Å²) in [5.41, 5.74) is 5.44. The minimum atomic E-state index is -1.60. The second kappa shape index (κ2) is 6.15. The summed E-state index contributed by atoms with van der Waals surface area (Å²) in [6, 6.07) is 4.97. The SMILES string of the molecule is CC(C)c1cc2c(cc1O[Si](C)(C)C)CCC1C(C)(C)CCCC21C. The van der Waals surface area contributed by atoms with Gasteiger partial charge in [-0.25, -0.2) is 0 Å². The molecule has 1 aromatic carbocycles. The van der Waals surface area contributed by atoms with Crippen LogP contribution in [0.15, 0.2) is 12.1 Å². The first kappa shape index (κ1) is 19.0. The summed E-state index contributed by atoms with van der Waals surface area (Å²) in [5.74, 6) is 2.49. The van der Waals surface area contributed by atoms with Gasteiger partial charge in [0.1, 0.15) is 5.75 Å². The zero-order valence-electron chi connectivity index (χ0n) is 17.8. The van der Waals surface area contributed by atoms with E-state index in [0.29, 0.717) is 16.7 Å². The Morgan fingerprint density at radius 3 is 2.36 bits per heavy atom. The van der Waals surface area contributed by atoms with Gasteiger partial charge in [0.15, 0.2) is 0 Å². The number of fused-ring (bicyclic) bond motifs is 3. The van der Waals surface area contributed by atoms with E-state index in [1.54, 1.807) is 11.1 Å². The highest BCUT2D eigenvalue weighted by molar-refractivity contribution is 6.70. The third-order valence-electron chi connectivity index (χ3n) is 6.82. The molecule has 1 fully saturated rings. The normalized spacial score (nSPS) is 28.4. The molecule has 1 saturated carbocycles. The van der Waals surface area contributed by atoms with Crippen LogP contribution >= 0.6 is 0 Å². The van der Waals surface area contributed by atoms with Gasteiger partial charge < -0.3 is 4.43 Å². The molecule has 0 N–H and O–H groups in total. The van der Waals surface area contributed by atoms with E-state index >= 15 is 0 Å². The van der Waals surface area contributed by atoms with Crippen molar-refractivity contribution in [1.82, 2.24) is 0 Å². The minimum absolute atomic E-state index is 0.344. The number of benzene rings is 1. The Hall–Kier alpha value is -0.763. The monoisotopic (exact) mass is 358 g/mol. The molecule has 2 heteroatoms. The summed E-state index contributed by atoms with van der Waals surface area (Å²) in [4.78, 5) is 0. The van der Waals surface area contributed by atoms with Crippen molar-refractivity contribution in [3.05, 3.63) is 28.8 Å². The molecule has 2 unspecified atom stereocenters. The average molecular weight is 359 g/mol. The molecular weight excluding hydrogens is 320 g/mol. The molecular formula is C23H38OSi. The molecule has 2 aliphatic carbocycles. The highest BCUT2D eigenvalue weighted by Gasteiger charge is 2.49. The molecule has 0 heterocycles. The summed E-state index contributed by atoms with van der Waals surface area (Å²) in [7, 11) is -1.60. The quantitative estimate of drug-likeness (QED) is 0.526. The lowest BCUT2D eigenvalue weighted by atomic mass is 9.50. The van der Waals surface area contributed by atoms with E-state index in [-0.39, 0.29) is 0 Å². The Balaban J connectivity index is 2.12. The van der Waals surface area contributed by atoms with E-state index in [4.69, 9.17) is 4.43 Å². The van der Waals surface area contributed by atoms with Crippen molar-refractivity contribution in [2.45, 2.75) is 97.7 Å². The highest BCUT2D eigenvalue weighted by Crippen LogP contribution is 2.57. The Morgan fingerprint density at radius 2 is 1.76 bits per heavy atom. The number of hydrogen-bond acceptors (Lipinski definition) is 1. The number of hydrogen-bond donors (Lipinski definition) is 0. The molecule has 140 valence electrons. The topological polar surface area (TPSA) is 9.23 Å². The minimum Gasteiger partial charge on any atom is -0.544 e. The summed E-state index contributed by atoms with van der Waals surface area (Å²) in [5, 5.41) is 0. The fourth-order valence-corrected chi connectivity index (χ4v) is 6.54. The first-order chi connectivity index (χ1) is 11.4. The Kier molecular flexibility index (Phi) is 4.67. The van der Waals surface area contributed by atoms with E-state index < -0.39 is 8.32 Å². The van der Waals surface area contributed by atoms with Gasteiger partial charge in [0.2, 0.25) is 8.32 Å². The van der Waals surface area contributed by atoms with Gasteiger partial charge in [0.25, 0.3) is 0 Å². The Labute approximate surface area is 156 Å². The molecule has 1 nitrogen and oxygen atoms in total. The zero-order chi connectivity index (χ0) is 18.6. The molecule has 0 spiro atoms. The largest absolute Gasteiger partial charge is 0.544 e. The van der Waals surface area contributed by atoms with E-state index in [0.717, 1.165) is 5.92 Å². The third-order valence-corrected chi connectivity index (χ3v) is 7.65. The van der Waals surface area contributed by atoms with E-state index in [9.17, 15) is 0 Å². The Morgan fingerprint density at radius 1 is 1.08 bits per heavy atom. The lowest BCUT2D eigenvalue weighted by Crippen LogP contribution is -2.48. The van der Waals surface area contributed by atoms with Crippen molar-refractivity contribution < 1.29 is 4.43 Å². The molecule has 0 radical (unpaired) electrons. The number of aryl methyl sites for hydroxylation is 1. The van der Waals surface area contributed by atoms with Crippen LogP contribution in [0.3, 0.4) is 0 Å². The van der Waals surface area contributed by atoms with Crippen LogP contribution in [0.4, 0.5) is 0 Å². The maximum absolute atomic E-state index is 6.51. The molecule has 3 rings (SSSR count). The molecule has 0 saturated heterocycles. The number of rotatable bonds is 3. The van der Waals surface area contributed by atoms with Crippen molar-refractivity contribution in [2.75, 3.05) is 0 Å². The summed E-state index contributed by atoms with van der Waals surface area (Å²) >= 11 is 0. The molecule has 0 amide bonds. The lowest BCUT2D eigenvalue weighted by Gasteiger charge is -2.54. The molecule has 2 aliphatic rings. The fourth-order valence-electron chi connectivity index (χ4n) is 5.70. The van der Waals surface area contributed by atoms with Crippen LogP contribution in [-0.4, -0.2) is 8.32 Å². The second-order valence-corrected chi connectivity index (χ2v) is 15.2. The average Bonchev–Trinajstić information content (AvgIpc) is 2.43. The first-order valence-electron chi connectivity index (χ1n) is 10.3. The standard InChI is InChI=1S/C23H38OSi/c1-16(2)18-15-19-17(14-20(18)24-25(6,7)8)10-11-21-22(3,4)12-9-13-23(19,21)5/h14-16,21H,9-13H2,1-8H3. The van der Waals surface area contributed by atoms with Crippen LogP contribution in [0.2, 0.25) is 19.6 Å². The predicted octanol–water partition coefficient (Wildman–Crippen LogP) is 7.05. The van der Waals surface area contributed by atoms with Crippen LogP contribution in [0.5, 0.6) is 5.75 Å². The van der Waals surface area contributed by atoms with Crippen LogP contribution in [0.1, 0.15) is 82.9 Å². The second-order valence-electron chi connectivity index (χ2n) is 10.8. The highest BCUT2D eigenvalue weighted by atomic mass is 28.4. The van der Waals surface area contributed by atoms with Gasteiger partial charge in [-0.1, -0.05) is 47.1 Å². The molecule has 2 atom stereocenters. The summed E-state index contributed by atoms with van der Waals surface area (Å²) in [6.07, 6.45) is 6.66. The molecule has 25 heavy (non-hydrogen) atoms. The van der Waals surface area contributed by atoms with E-state index in [1.807, 2.05) is 0 Å². The van der Waals surface area contributed by atoms with Crippen molar-refractivity contribution in [3.8, 4) is 5.75 Å². The van der Waals surface area contributed by atoms with Crippen LogP contribution < -0.4 is 4.43 Å². The fraction of sp³-hybridized carbons (Fsp3) is 0.739. The van der Waals surface area contributed by atoms with Crippen LogP contribution in [-0.2, 0) is 11.8 Å². The van der Waals surface area contributed by atoms with Crippen molar-refractivity contribution >= 4 is 8.32 Å². The van der Waals surface area contributed by atoms with Gasteiger partial charge in [-0.2, -0.15) is 0 Å². The third kappa shape index (κ3) is 3.43. The van der Waals surface area contributed by atoms with Gasteiger partial charge in [-0.15, -0.1) is 0 Å². The maximum atomic E-state index is 6.51. The van der Waals surface area contributed by atoms with Gasteiger partial charge in [0.05, 0.1) is 0 Å². The predicted molar refractivity (Wildman–Crippen MR) is 111 cm³/mol. The van der Waals surface area contributed by atoms with Gasteiger partial charge in [0, 0.05) is 0 Å². The molecule has 0 aromatic heterocycles. The maximum Gasteiger partial charge on any atom is 0.242 e. The van der Waals surface area contributed by atoms with Gasteiger partial charge >= 0.3 is 0 Å². The van der Waals surface area contributed by atoms with E-state index in [1.165, 1.54) is 43.4 Å². The van der Waals surface area contributed by atoms with E-state index in [2.05, 4.69) is 66.4 Å². The van der Waals surface area contributed by atoms with Crippen LogP contribution in [0, 0.1) is 11.3 Å². The van der Waals surface area contributed by atoms with Crippen molar-refractivity contribution in [3.63, 3.8) is 0 Å². The van der Waals surface area contributed by atoms with Crippen molar-refractivity contribution in [2.24, 2.45) is 11.3 Å². The van der Waals surface area contributed by atoms with Crippen molar-refractivity contribution in [1.29, 1.82) is 0 Å².